The van der Waals surface area contributed by atoms with Gasteiger partial charge >= 0.3 is 0 Å². The van der Waals surface area contributed by atoms with Crippen LogP contribution in [0.3, 0.4) is 0 Å². The van der Waals surface area contributed by atoms with Crippen molar-refractivity contribution in [3.05, 3.63) is 168 Å². The number of nitrogens with one attached hydrogen (secondary N) is 2. The molecule has 8 rings (SSSR count). The number of nitrogens with zero attached hydrogens (tertiary/aromatic N) is 2. The minimum absolute atomic E-state index is 0.0521. The summed E-state index contributed by atoms with van der Waals surface area (Å²) in [7, 11) is 0. The van der Waals surface area contributed by atoms with Crippen molar-refractivity contribution in [1.29, 1.82) is 0 Å². The number of amides is 2. The molecule has 0 saturated heterocycles. The third-order valence-corrected chi connectivity index (χ3v) is 9.28. The number of rotatable bonds is 8. The molecule has 0 aliphatic rings. The number of carbonyl (C=O) groups is 2. The minimum atomic E-state index is -0.185. The molecule has 10 heteroatoms. The molecule has 0 bridgehead atoms. The van der Waals surface area contributed by atoms with Crippen molar-refractivity contribution in [2.75, 3.05) is 23.8 Å². The lowest BCUT2D eigenvalue weighted by molar-refractivity contribution is -0.118. The van der Waals surface area contributed by atoms with E-state index in [0.717, 1.165) is 55.4 Å². The summed E-state index contributed by atoms with van der Waals surface area (Å²) in [6.07, 6.45) is 3.43. The molecule has 10 nitrogen and oxygen atoms in total. The summed E-state index contributed by atoms with van der Waals surface area (Å²) in [5.41, 5.74) is 7.34. The summed E-state index contributed by atoms with van der Waals surface area (Å²) in [6.45, 7) is 7.78. The number of benzene rings is 6. The van der Waals surface area contributed by atoms with E-state index in [1.807, 2.05) is 125 Å². The Hall–Kier alpha value is -7.46. The van der Waals surface area contributed by atoms with Crippen molar-refractivity contribution in [2.24, 2.45) is 0 Å². The van der Waals surface area contributed by atoms with Gasteiger partial charge in [0, 0.05) is 45.3 Å². The number of ether oxygens (including phenoxy) is 2. The summed E-state index contributed by atoms with van der Waals surface area (Å²) < 4.78 is 11.3. The molecule has 0 saturated carbocycles. The number of para-hydroxylation sites is 4. The van der Waals surface area contributed by atoms with Gasteiger partial charge < -0.3 is 30.3 Å². The van der Waals surface area contributed by atoms with Crippen LogP contribution in [0.25, 0.3) is 32.6 Å². The third-order valence-electron chi connectivity index (χ3n) is 9.28. The Bertz CT molecular complexity index is 2480. The average Bonchev–Trinajstić information content (AvgIpc) is 3.23. The second-order valence-corrected chi connectivity index (χ2v) is 13.5. The number of aromatic hydroxyl groups is 2. The van der Waals surface area contributed by atoms with E-state index in [9.17, 15) is 19.8 Å². The van der Waals surface area contributed by atoms with E-state index in [2.05, 4.69) is 20.6 Å². The van der Waals surface area contributed by atoms with Gasteiger partial charge in [0.05, 0.1) is 0 Å². The highest BCUT2D eigenvalue weighted by atomic mass is 16.5. The van der Waals surface area contributed by atoms with E-state index in [4.69, 9.17) is 9.47 Å². The van der Waals surface area contributed by atoms with Gasteiger partial charge in [-0.1, -0.05) is 97.1 Å². The fraction of sp³-hybridized carbons (Fsp3) is 0.125. The van der Waals surface area contributed by atoms with E-state index in [1.54, 1.807) is 48.8 Å². The summed E-state index contributed by atoms with van der Waals surface area (Å²) in [4.78, 5) is 33.0. The lowest BCUT2D eigenvalue weighted by Gasteiger charge is -2.12. The van der Waals surface area contributed by atoms with E-state index >= 15 is 0 Å². The van der Waals surface area contributed by atoms with Crippen LogP contribution in [0.4, 0.5) is 11.4 Å². The number of hydrogen-bond donors (Lipinski definition) is 4. The van der Waals surface area contributed by atoms with Crippen molar-refractivity contribution in [2.45, 2.75) is 27.7 Å². The van der Waals surface area contributed by atoms with Gasteiger partial charge in [-0.15, -0.1) is 0 Å². The van der Waals surface area contributed by atoms with Gasteiger partial charge in [0.15, 0.2) is 13.2 Å². The molecule has 292 valence electrons. The van der Waals surface area contributed by atoms with Crippen LogP contribution in [-0.2, 0) is 9.59 Å². The van der Waals surface area contributed by atoms with Gasteiger partial charge in [-0.3, -0.25) is 19.6 Å². The zero-order valence-corrected chi connectivity index (χ0v) is 32.7. The van der Waals surface area contributed by atoms with Gasteiger partial charge in [0.1, 0.15) is 34.0 Å². The number of aryl methyl sites for hydroxylation is 4. The number of pyridine rings is 2. The Morgan fingerprint density at radius 3 is 1.22 bits per heavy atom. The Kier molecular flexibility index (Phi) is 13.1. The van der Waals surface area contributed by atoms with Crippen LogP contribution in [-0.4, -0.2) is 45.2 Å². The smallest absolute Gasteiger partial charge is 0.262 e. The third kappa shape index (κ3) is 10.0. The molecule has 58 heavy (non-hydrogen) atoms. The molecule has 0 fully saturated rings. The molecule has 0 radical (unpaired) electrons. The normalized spacial score (nSPS) is 10.5. The number of aromatic nitrogens is 2. The van der Waals surface area contributed by atoms with Crippen molar-refractivity contribution >= 4 is 55.8 Å². The first kappa shape index (κ1) is 40.2. The number of carbonyl (C=O) groups excluding carboxylic acids is 2. The molecule has 0 unspecified atom stereocenters. The maximum absolute atomic E-state index is 12.2. The van der Waals surface area contributed by atoms with Crippen LogP contribution < -0.4 is 20.1 Å². The summed E-state index contributed by atoms with van der Waals surface area (Å²) >= 11 is 0. The van der Waals surface area contributed by atoms with E-state index in [0.29, 0.717) is 22.3 Å². The number of hydrogen-bond acceptors (Lipinski definition) is 8. The molecule has 0 aliphatic carbocycles. The van der Waals surface area contributed by atoms with Crippen LogP contribution in [0.5, 0.6) is 23.0 Å². The molecule has 2 aromatic heterocycles. The van der Waals surface area contributed by atoms with E-state index < -0.39 is 0 Å². The van der Waals surface area contributed by atoms with Gasteiger partial charge in [0.25, 0.3) is 11.8 Å². The molecule has 2 heterocycles. The first-order valence-electron chi connectivity index (χ1n) is 18.6. The van der Waals surface area contributed by atoms with Gasteiger partial charge in [-0.25, -0.2) is 0 Å². The molecule has 0 atom stereocenters. The maximum atomic E-state index is 12.2. The van der Waals surface area contributed by atoms with Crippen molar-refractivity contribution in [3.63, 3.8) is 0 Å². The fourth-order valence-electron chi connectivity index (χ4n) is 6.32. The SMILES string of the molecule is Cc1cccc(C)c1NC(=O)COc1cccc2cccnc12.Cc1cccc(C)c1NC(=O)COc1cccc2cccnc12.Oc1cccc2c(O)cccc12. The standard InChI is InChI=1S/2C19H18N2O2.C10H8O2/c2*1-13-6-3-7-14(2)18(13)21-17(22)12-23-16-10-4-8-15-9-5-11-20-19(15)16;11-9-5-1-3-7-8(9)4-2-6-10(7)12/h2*3-11H,12H2,1-2H3,(H,21,22);1-6,11-12H. The number of fused-ring (bicyclic) bond motifs is 3. The highest BCUT2D eigenvalue weighted by molar-refractivity contribution is 5.95. The molecule has 0 spiro atoms. The summed E-state index contributed by atoms with van der Waals surface area (Å²) in [5, 5.41) is 27.9. The van der Waals surface area contributed by atoms with Crippen LogP contribution in [0.15, 0.2) is 146 Å². The largest absolute Gasteiger partial charge is 0.507 e. The van der Waals surface area contributed by atoms with Crippen LogP contribution in [0, 0.1) is 27.7 Å². The van der Waals surface area contributed by atoms with Crippen molar-refractivity contribution in [1.82, 2.24) is 9.97 Å². The van der Waals surface area contributed by atoms with Gasteiger partial charge in [0.2, 0.25) is 0 Å². The molecule has 4 N–H and O–H groups in total. The highest BCUT2D eigenvalue weighted by Crippen LogP contribution is 2.30. The first-order valence-corrected chi connectivity index (χ1v) is 18.6. The Morgan fingerprint density at radius 2 is 0.828 bits per heavy atom. The molecular weight excluding hydrogens is 729 g/mol. The molecule has 2 amide bonds. The van der Waals surface area contributed by atoms with E-state index in [1.165, 1.54) is 0 Å². The van der Waals surface area contributed by atoms with Crippen LogP contribution in [0.1, 0.15) is 22.3 Å². The lowest BCUT2D eigenvalue weighted by atomic mass is 10.1. The molecular formula is C48H44N4O6. The lowest BCUT2D eigenvalue weighted by Crippen LogP contribution is -2.21. The van der Waals surface area contributed by atoms with Crippen molar-refractivity contribution in [3.8, 4) is 23.0 Å². The Morgan fingerprint density at radius 1 is 0.483 bits per heavy atom. The average molecular weight is 773 g/mol. The van der Waals surface area contributed by atoms with Gasteiger partial charge in [-0.05, 0) is 86.3 Å². The molecule has 0 aliphatic heterocycles. The zero-order chi connectivity index (χ0) is 41.0. The molecule has 8 aromatic rings. The maximum Gasteiger partial charge on any atom is 0.262 e. The second-order valence-electron chi connectivity index (χ2n) is 13.5. The summed E-state index contributed by atoms with van der Waals surface area (Å²) in [6, 6.07) is 41.0. The monoisotopic (exact) mass is 772 g/mol. The quantitative estimate of drug-likeness (QED) is 0.120. The van der Waals surface area contributed by atoms with Crippen molar-refractivity contribution < 1.29 is 29.3 Å². The minimum Gasteiger partial charge on any atom is -0.507 e. The number of phenolic OH excluding ortho intramolecular Hbond substituents is 2. The number of phenols is 2. The van der Waals surface area contributed by atoms with E-state index in [-0.39, 0.29) is 36.5 Å². The fourth-order valence-corrected chi connectivity index (χ4v) is 6.32. The van der Waals surface area contributed by atoms with Crippen LogP contribution >= 0.6 is 0 Å². The predicted octanol–water partition coefficient (Wildman–Crippen LogP) is 9.99. The zero-order valence-electron chi connectivity index (χ0n) is 32.7. The number of anilines is 2. The second kappa shape index (κ2) is 18.9. The predicted molar refractivity (Wildman–Crippen MR) is 231 cm³/mol. The highest BCUT2D eigenvalue weighted by Gasteiger charge is 2.11. The Labute approximate surface area is 336 Å². The van der Waals surface area contributed by atoms with Gasteiger partial charge in [-0.2, -0.15) is 0 Å². The summed E-state index contributed by atoms with van der Waals surface area (Å²) in [5.74, 6) is 1.25. The first-order chi connectivity index (χ1) is 28.1. The topological polar surface area (TPSA) is 143 Å². The molecule has 6 aromatic carbocycles. The van der Waals surface area contributed by atoms with Crippen LogP contribution in [0.2, 0.25) is 0 Å². The Balaban J connectivity index is 0.000000154.